The Bertz CT molecular complexity index is 148. The van der Waals surface area contributed by atoms with Crippen molar-refractivity contribution >= 4 is 5.97 Å². The van der Waals surface area contributed by atoms with Gasteiger partial charge in [0.15, 0.2) is 0 Å². The van der Waals surface area contributed by atoms with Gasteiger partial charge in [0, 0.05) is 12.6 Å². The lowest BCUT2D eigenvalue weighted by molar-refractivity contribution is -0.143. The zero-order chi connectivity index (χ0) is 10.3. The average molecular weight is 189 g/mol. The summed E-state index contributed by atoms with van der Waals surface area (Å²) in [5, 5.41) is 12.1. The first-order valence-corrected chi connectivity index (χ1v) is 4.65. The van der Waals surface area contributed by atoms with Crippen molar-refractivity contribution in [2.24, 2.45) is 0 Å². The van der Waals surface area contributed by atoms with E-state index < -0.39 is 6.10 Å². The van der Waals surface area contributed by atoms with Gasteiger partial charge in [0.05, 0.1) is 19.1 Å². The average Bonchev–Trinajstić information content (AvgIpc) is 2.04. The molecule has 0 saturated heterocycles. The zero-order valence-electron chi connectivity index (χ0n) is 8.54. The van der Waals surface area contributed by atoms with Crippen LogP contribution in [0, 0.1) is 0 Å². The highest BCUT2D eigenvalue weighted by atomic mass is 16.5. The second-order valence-corrected chi connectivity index (χ2v) is 3.04. The standard InChI is InChI=1S/C9H19NO3/c1-4-13-9(12)5-6-10-7(2)8(3)11/h7-8,10-11H,4-6H2,1-3H3. The molecule has 0 aliphatic heterocycles. The van der Waals surface area contributed by atoms with Crippen LogP contribution in [0.15, 0.2) is 0 Å². The fourth-order valence-corrected chi connectivity index (χ4v) is 0.806. The van der Waals surface area contributed by atoms with E-state index in [0.717, 1.165) is 0 Å². The molecule has 2 atom stereocenters. The van der Waals surface area contributed by atoms with Crippen molar-refractivity contribution < 1.29 is 14.6 Å². The smallest absolute Gasteiger partial charge is 0.307 e. The molecule has 13 heavy (non-hydrogen) atoms. The number of hydrogen-bond acceptors (Lipinski definition) is 4. The molecule has 0 radical (unpaired) electrons. The predicted octanol–water partition coefficient (Wildman–Crippen LogP) is 0.299. The van der Waals surface area contributed by atoms with Gasteiger partial charge < -0.3 is 15.2 Å². The first-order chi connectivity index (χ1) is 6.07. The maximum atomic E-state index is 10.9. The molecule has 0 bridgehead atoms. The van der Waals surface area contributed by atoms with Gasteiger partial charge in [0.1, 0.15) is 0 Å². The Labute approximate surface area is 79.3 Å². The van der Waals surface area contributed by atoms with E-state index in [4.69, 9.17) is 9.84 Å². The van der Waals surface area contributed by atoms with Gasteiger partial charge in [-0.25, -0.2) is 0 Å². The number of esters is 1. The molecule has 0 aliphatic rings. The molecule has 4 heteroatoms. The second-order valence-electron chi connectivity index (χ2n) is 3.04. The lowest BCUT2D eigenvalue weighted by Gasteiger charge is -2.15. The number of rotatable bonds is 6. The number of ether oxygens (including phenoxy) is 1. The van der Waals surface area contributed by atoms with Crippen LogP contribution in [0.1, 0.15) is 27.2 Å². The normalized spacial score (nSPS) is 15.1. The second kappa shape index (κ2) is 6.86. The van der Waals surface area contributed by atoms with Crippen LogP contribution in [0.2, 0.25) is 0 Å². The van der Waals surface area contributed by atoms with Crippen LogP contribution in [0.3, 0.4) is 0 Å². The molecule has 4 nitrogen and oxygen atoms in total. The Morgan fingerprint density at radius 1 is 1.54 bits per heavy atom. The highest BCUT2D eigenvalue weighted by Gasteiger charge is 2.08. The third-order valence-electron chi connectivity index (χ3n) is 1.82. The monoisotopic (exact) mass is 189 g/mol. The summed E-state index contributed by atoms with van der Waals surface area (Å²) in [6.45, 7) is 6.33. The summed E-state index contributed by atoms with van der Waals surface area (Å²) in [6.07, 6.45) is -0.0487. The Kier molecular flexibility index (Phi) is 6.54. The SMILES string of the molecule is CCOC(=O)CCNC(C)C(C)O. The van der Waals surface area contributed by atoms with Crippen LogP contribution in [0.25, 0.3) is 0 Å². The summed E-state index contributed by atoms with van der Waals surface area (Å²) in [5.41, 5.74) is 0. The van der Waals surface area contributed by atoms with E-state index in [0.29, 0.717) is 19.6 Å². The van der Waals surface area contributed by atoms with Gasteiger partial charge in [-0.15, -0.1) is 0 Å². The highest BCUT2D eigenvalue weighted by molar-refractivity contribution is 5.69. The molecule has 0 aromatic rings. The van der Waals surface area contributed by atoms with Crippen LogP contribution in [0.4, 0.5) is 0 Å². The fourth-order valence-electron chi connectivity index (χ4n) is 0.806. The summed E-state index contributed by atoms with van der Waals surface area (Å²) < 4.78 is 4.74. The number of aliphatic hydroxyl groups excluding tert-OH is 1. The molecule has 0 aromatic heterocycles. The van der Waals surface area contributed by atoms with E-state index in [2.05, 4.69) is 5.32 Å². The molecule has 0 fully saturated rings. The van der Waals surface area contributed by atoms with Gasteiger partial charge in [-0.2, -0.15) is 0 Å². The number of hydrogen-bond donors (Lipinski definition) is 2. The third-order valence-corrected chi connectivity index (χ3v) is 1.82. The number of aliphatic hydroxyl groups is 1. The Balaban J connectivity index is 3.39. The molecular formula is C9H19NO3. The van der Waals surface area contributed by atoms with Crippen molar-refractivity contribution in [3.8, 4) is 0 Å². The summed E-state index contributed by atoms with van der Waals surface area (Å²) >= 11 is 0. The molecule has 0 aliphatic carbocycles. The molecule has 0 aromatic carbocycles. The van der Waals surface area contributed by atoms with Gasteiger partial charge in [-0.05, 0) is 20.8 Å². The lowest BCUT2D eigenvalue weighted by atomic mass is 10.2. The van der Waals surface area contributed by atoms with E-state index >= 15 is 0 Å². The molecule has 0 rings (SSSR count). The van der Waals surface area contributed by atoms with E-state index in [1.807, 2.05) is 6.92 Å². The maximum absolute atomic E-state index is 10.9. The highest BCUT2D eigenvalue weighted by Crippen LogP contribution is 1.91. The minimum Gasteiger partial charge on any atom is -0.466 e. The number of carbonyl (C=O) groups excluding carboxylic acids is 1. The lowest BCUT2D eigenvalue weighted by Crippen LogP contribution is -2.36. The molecule has 78 valence electrons. The van der Waals surface area contributed by atoms with E-state index in [-0.39, 0.29) is 12.0 Å². The van der Waals surface area contributed by atoms with E-state index in [1.54, 1.807) is 13.8 Å². The van der Waals surface area contributed by atoms with Crippen LogP contribution >= 0.6 is 0 Å². The Hall–Kier alpha value is -0.610. The first kappa shape index (κ1) is 12.4. The topological polar surface area (TPSA) is 58.6 Å². The van der Waals surface area contributed by atoms with Gasteiger partial charge in [0.2, 0.25) is 0 Å². The summed E-state index contributed by atoms with van der Waals surface area (Å²) in [6, 6.07) is 0.00873. The Morgan fingerprint density at radius 3 is 2.62 bits per heavy atom. The maximum Gasteiger partial charge on any atom is 0.307 e. The predicted molar refractivity (Wildman–Crippen MR) is 50.4 cm³/mol. The van der Waals surface area contributed by atoms with Crippen LogP contribution < -0.4 is 5.32 Å². The van der Waals surface area contributed by atoms with E-state index in [1.165, 1.54) is 0 Å². The van der Waals surface area contributed by atoms with Gasteiger partial charge in [0.25, 0.3) is 0 Å². The quantitative estimate of drug-likeness (QED) is 0.590. The zero-order valence-corrected chi connectivity index (χ0v) is 8.54. The fraction of sp³-hybridized carbons (Fsp3) is 0.889. The van der Waals surface area contributed by atoms with Crippen molar-refractivity contribution in [1.29, 1.82) is 0 Å². The molecule has 2 unspecified atom stereocenters. The van der Waals surface area contributed by atoms with Crippen molar-refractivity contribution in [2.75, 3.05) is 13.2 Å². The number of carbonyl (C=O) groups is 1. The largest absolute Gasteiger partial charge is 0.466 e. The third kappa shape index (κ3) is 6.54. The minimum absolute atomic E-state index is 0.00873. The molecule has 0 spiro atoms. The van der Waals surface area contributed by atoms with Crippen LogP contribution in [-0.2, 0) is 9.53 Å². The molecule has 0 heterocycles. The molecule has 2 N–H and O–H groups in total. The van der Waals surface area contributed by atoms with Crippen molar-refractivity contribution in [2.45, 2.75) is 39.3 Å². The molecule has 0 amide bonds. The molecule has 0 saturated carbocycles. The summed E-state index contributed by atoms with van der Waals surface area (Å²) in [5.74, 6) is -0.201. The van der Waals surface area contributed by atoms with Gasteiger partial charge in [-0.1, -0.05) is 0 Å². The first-order valence-electron chi connectivity index (χ1n) is 4.65. The minimum atomic E-state index is -0.401. The van der Waals surface area contributed by atoms with Crippen molar-refractivity contribution in [3.05, 3.63) is 0 Å². The summed E-state index contributed by atoms with van der Waals surface area (Å²) in [7, 11) is 0. The van der Waals surface area contributed by atoms with Gasteiger partial charge >= 0.3 is 5.97 Å². The van der Waals surface area contributed by atoms with Crippen molar-refractivity contribution in [1.82, 2.24) is 5.32 Å². The van der Waals surface area contributed by atoms with E-state index in [9.17, 15) is 4.79 Å². The number of nitrogens with one attached hydrogen (secondary N) is 1. The van der Waals surface area contributed by atoms with Crippen molar-refractivity contribution in [3.63, 3.8) is 0 Å². The van der Waals surface area contributed by atoms with Gasteiger partial charge in [-0.3, -0.25) is 4.79 Å². The Morgan fingerprint density at radius 2 is 2.15 bits per heavy atom. The molecular weight excluding hydrogens is 170 g/mol. The summed E-state index contributed by atoms with van der Waals surface area (Å²) in [4.78, 5) is 10.9. The van der Waals surface area contributed by atoms with Crippen LogP contribution in [0.5, 0.6) is 0 Å². The van der Waals surface area contributed by atoms with Crippen LogP contribution in [-0.4, -0.2) is 36.4 Å².